The van der Waals surface area contributed by atoms with Gasteiger partial charge < -0.3 is 10.6 Å². The summed E-state index contributed by atoms with van der Waals surface area (Å²) in [5, 5.41) is 7.22. The van der Waals surface area contributed by atoms with E-state index in [4.69, 9.17) is 11.1 Å². The Morgan fingerprint density at radius 1 is 1.42 bits per heavy atom. The van der Waals surface area contributed by atoms with Crippen molar-refractivity contribution in [3.63, 3.8) is 0 Å². The van der Waals surface area contributed by atoms with Crippen LogP contribution in [-0.4, -0.2) is 30.1 Å². The van der Waals surface area contributed by atoms with Gasteiger partial charge in [0.05, 0.1) is 17.8 Å². The van der Waals surface area contributed by atoms with Crippen LogP contribution in [0.1, 0.15) is 18.5 Å². The van der Waals surface area contributed by atoms with Crippen molar-refractivity contribution in [2.45, 2.75) is 19.0 Å². The molecule has 2 rings (SSSR count). The predicted molar refractivity (Wildman–Crippen MR) is 66.2 cm³/mol. The molecule has 3 N–H and O–H groups in total. The van der Waals surface area contributed by atoms with Gasteiger partial charge in [-0.1, -0.05) is 0 Å². The molecule has 1 aliphatic heterocycles. The number of nitrogen functional groups attached to an aromatic ring is 1. The van der Waals surface area contributed by atoms with E-state index in [1.54, 1.807) is 17.0 Å². The van der Waals surface area contributed by atoms with Crippen LogP contribution in [0.25, 0.3) is 0 Å². The summed E-state index contributed by atoms with van der Waals surface area (Å²) in [5.41, 5.74) is 6.24. The summed E-state index contributed by atoms with van der Waals surface area (Å²) in [7, 11) is 0. The Labute approximate surface area is 108 Å². The van der Waals surface area contributed by atoms with Crippen molar-refractivity contribution in [1.82, 2.24) is 4.98 Å². The number of alkyl halides is 3. The van der Waals surface area contributed by atoms with Crippen molar-refractivity contribution < 1.29 is 13.2 Å². The fourth-order valence-electron chi connectivity index (χ4n) is 2.21. The second kappa shape index (κ2) is 5.07. The van der Waals surface area contributed by atoms with E-state index in [9.17, 15) is 13.2 Å². The second-order valence-corrected chi connectivity index (χ2v) is 4.64. The lowest BCUT2D eigenvalue weighted by atomic mass is 9.97. The van der Waals surface area contributed by atoms with E-state index < -0.39 is 12.1 Å². The minimum absolute atomic E-state index is 0.0371. The molecular weight excluding hydrogens is 257 g/mol. The first-order valence-electron chi connectivity index (χ1n) is 6.00. The number of nitrogens with zero attached hydrogens (tertiary/aromatic N) is 2. The van der Waals surface area contributed by atoms with Crippen LogP contribution in [0, 0.1) is 11.3 Å². The van der Waals surface area contributed by atoms with E-state index in [-0.39, 0.29) is 18.8 Å². The van der Waals surface area contributed by atoms with Crippen LogP contribution in [0.4, 0.5) is 18.9 Å². The van der Waals surface area contributed by atoms with Gasteiger partial charge in [0.25, 0.3) is 0 Å². The van der Waals surface area contributed by atoms with Crippen molar-refractivity contribution in [2.24, 2.45) is 11.7 Å². The van der Waals surface area contributed by atoms with Crippen LogP contribution in [0.3, 0.4) is 0 Å². The lowest BCUT2D eigenvalue weighted by Crippen LogP contribution is -2.41. The minimum Gasteiger partial charge on any atom is -0.382 e. The van der Waals surface area contributed by atoms with Crippen molar-refractivity contribution in [3.05, 3.63) is 24.0 Å². The molecule has 0 amide bonds. The summed E-state index contributed by atoms with van der Waals surface area (Å²) in [4.78, 5) is 5.65. The van der Waals surface area contributed by atoms with Gasteiger partial charge in [0.2, 0.25) is 0 Å². The molecule has 19 heavy (non-hydrogen) atoms. The maximum atomic E-state index is 12.7. The van der Waals surface area contributed by atoms with Gasteiger partial charge in [-0.05, 0) is 25.0 Å². The first-order valence-corrected chi connectivity index (χ1v) is 6.00. The smallest absolute Gasteiger partial charge is 0.382 e. The zero-order valence-electron chi connectivity index (χ0n) is 10.2. The number of nitrogens with one attached hydrogen (secondary N) is 1. The number of pyridine rings is 1. The van der Waals surface area contributed by atoms with Gasteiger partial charge in [-0.15, -0.1) is 0 Å². The average molecular weight is 272 g/mol. The van der Waals surface area contributed by atoms with Gasteiger partial charge in [-0.2, -0.15) is 13.2 Å². The maximum absolute atomic E-state index is 12.7. The molecule has 0 saturated carbocycles. The Kier molecular flexibility index (Phi) is 3.64. The molecule has 1 aromatic rings. The van der Waals surface area contributed by atoms with Gasteiger partial charge in [0, 0.05) is 13.1 Å². The number of aromatic nitrogens is 1. The number of piperidine rings is 1. The summed E-state index contributed by atoms with van der Waals surface area (Å²) in [6.45, 7) is 0.554. The van der Waals surface area contributed by atoms with Crippen LogP contribution in [0.2, 0.25) is 0 Å². The highest BCUT2D eigenvalue weighted by molar-refractivity contribution is 5.93. The lowest BCUT2D eigenvalue weighted by molar-refractivity contribution is -0.175. The summed E-state index contributed by atoms with van der Waals surface area (Å²) >= 11 is 0. The van der Waals surface area contributed by atoms with E-state index in [1.165, 1.54) is 6.20 Å². The molecule has 1 saturated heterocycles. The number of amidine groups is 1. The molecule has 0 radical (unpaired) electrons. The highest BCUT2D eigenvalue weighted by Crippen LogP contribution is 2.34. The fourth-order valence-corrected chi connectivity index (χ4v) is 2.21. The van der Waals surface area contributed by atoms with Crippen LogP contribution in [0.5, 0.6) is 0 Å². The highest BCUT2D eigenvalue weighted by atomic mass is 19.4. The van der Waals surface area contributed by atoms with Crippen molar-refractivity contribution >= 4 is 11.5 Å². The van der Waals surface area contributed by atoms with Gasteiger partial charge in [0.1, 0.15) is 11.5 Å². The van der Waals surface area contributed by atoms with Crippen molar-refractivity contribution in [2.75, 3.05) is 18.0 Å². The highest BCUT2D eigenvalue weighted by Gasteiger charge is 2.41. The molecule has 0 bridgehead atoms. The number of anilines is 1. The Bertz CT molecular complexity index is 455. The standard InChI is InChI=1S/C12H15F3N4/c13-12(14,15)8-2-1-5-19(7-8)9-3-4-10(11(16)17)18-6-9/h3-4,6,8H,1-2,5,7H2,(H3,16,17). The number of rotatable bonds is 2. The van der Waals surface area contributed by atoms with E-state index in [0.29, 0.717) is 24.3 Å². The lowest BCUT2D eigenvalue weighted by Gasteiger charge is -2.35. The molecule has 0 aromatic carbocycles. The third-order valence-corrected chi connectivity index (χ3v) is 3.27. The molecule has 1 unspecified atom stereocenters. The molecule has 1 aromatic heterocycles. The third-order valence-electron chi connectivity index (χ3n) is 3.27. The van der Waals surface area contributed by atoms with Crippen LogP contribution >= 0.6 is 0 Å². The molecule has 7 heteroatoms. The van der Waals surface area contributed by atoms with Crippen LogP contribution < -0.4 is 10.6 Å². The number of hydrogen-bond donors (Lipinski definition) is 2. The zero-order valence-corrected chi connectivity index (χ0v) is 10.2. The molecule has 0 aliphatic carbocycles. The Morgan fingerprint density at radius 3 is 2.68 bits per heavy atom. The summed E-state index contributed by atoms with van der Waals surface area (Å²) < 4.78 is 38.1. The first-order chi connectivity index (χ1) is 8.88. The summed E-state index contributed by atoms with van der Waals surface area (Å²) in [6.07, 6.45) is -1.99. The summed E-state index contributed by atoms with van der Waals surface area (Å²) in [5.74, 6) is -1.44. The average Bonchev–Trinajstić information content (AvgIpc) is 2.38. The number of hydrogen-bond acceptors (Lipinski definition) is 3. The van der Waals surface area contributed by atoms with Gasteiger partial charge in [-0.25, -0.2) is 0 Å². The maximum Gasteiger partial charge on any atom is 0.393 e. The number of halogens is 3. The molecule has 1 fully saturated rings. The van der Waals surface area contributed by atoms with E-state index in [1.807, 2.05) is 0 Å². The van der Waals surface area contributed by atoms with E-state index >= 15 is 0 Å². The molecule has 4 nitrogen and oxygen atoms in total. The SMILES string of the molecule is N=C(N)c1ccc(N2CCCC(C(F)(F)F)C2)cn1. The van der Waals surface area contributed by atoms with Gasteiger partial charge >= 0.3 is 6.18 Å². The monoisotopic (exact) mass is 272 g/mol. The minimum atomic E-state index is -4.15. The Balaban J connectivity index is 2.11. The van der Waals surface area contributed by atoms with E-state index in [2.05, 4.69) is 4.98 Å². The topological polar surface area (TPSA) is 66.0 Å². The first kappa shape index (κ1) is 13.6. The zero-order chi connectivity index (χ0) is 14.0. The van der Waals surface area contributed by atoms with Crippen molar-refractivity contribution in [1.29, 1.82) is 5.41 Å². The molecule has 104 valence electrons. The second-order valence-electron chi connectivity index (χ2n) is 4.64. The predicted octanol–water partition coefficient (Wildman–Crippen LogP) is 2.14. The summed E-state index contributed by atoms with van der Waals surface area (Å²) in [6, 6.07) is 3.21. The largest absolute Gasteiger partial charge is 0.393 e. The molecule has 2 heterocycles. The normalized spacial score (nSPS) is 20.4. The van der Waals surface area contributed by atoms with Crippen LogP contribution in [0.15, 0.2) is 18.3 Å². The molecular formula is C12H15F3N4. The van der Waals surface area contributed by atoms with Crippen molar-refractivity contribution in [3.8, 4) is 0 Å². The van der Waals surface area contributed by atoms with Gasteiger partial charge in [0.15, 0.2) is 0 Å². The van der Waals surface area contributed by atoms with Crippen LogP contribution in [-0.2, 0) is 0 Å². The van der Waals surface area contributed by atoms with Gasteiger partial charge in [-0.3, -0.25) is 10.4 Å². The molecule has 1 aliphatic rings. The number of nitrogens with two attached hydrogens (primary N) is 1. The molecule has 1 atom stereocenters. The Morgan fingerprint density at radius 2 is 2.16 bits per heavy atom. The van der Waals surface area contributed by atoms with E-state index in [0.717, 1.165) is 0 Å². The molecule has 0 spiro atoms. The Hall–Kier alpha value is -1.79. The fraction of sp³-hybridized carbons (Fsp3) is 0.500. The third kappa shape index (κ3) is 3.15. The quantitative estimate of drug-likeness (QED) is 0.640.